The van der Waals surface area contributed by atoms with Crippen molar-refractivity contribution in [3.63, 3.8) is 0 Å². The summed E-state index contributed by atoms with van der Waals surface area (Å²) < 4.78 is 75.5. The van der Waals surface area contributed by atoms with Gasteiger partial charge in [-0.15, -0.1) is 0 Å². The van der Waals surface area contributed by atoms with E-state index in [1.165, 1.54) is 30.6 Å². The van der Waals surface area contributed by atoms with Crippen LogP contribution in [-0.4, -0.2) is 87.0 Å². The molecule has 1 spiro atoms. The summed E-state index contributed by atoms with van der Waals surface area (Å²) >= 11 is 0. The Kier molecular flexibility index (Phi) is 12.8. The first-order valence-electron chi connectivity index (χ1n) is 19.3. The molecule has 5 aromatic rings. The van der Waals surface area contributed by atoms with Crippen molar-refractivity contribution in [2.24, 2.45) is 5.41 Å². The Labute approximate surface area is 343 Å². The van der Waals surface area contributed by atoms with Gasteiger partial charge in [0, 0.05) is 61.2 Å². The van der Waals surface area contributed by atoms with Gasteiger partial charge in [0.15, 0.2) is 17.3 Å². The van der Waals surface area contributed by atoms with Crippen molar-refractivity contribution >= 4 is 18.5 Å². The van der Waals surface area contributed by atoms with Crippen LogP contribution in [0.1, 0.15) is 91.3 Å². The van der Waals surface area contributed by atoms with Crippen LogP contribution in [0.25, 0.3) is 22.6 Å². The number of carbonyl (C=O) groups excluding carboxylic acids is 3. The Balaban J connectivity index is 0.00000195. The highest BCUT2D eigenvalue weighted by molar-refractivity contribution is 5.92. The molecule has 2 aromatic carbocycles. The molecule has 4 heterocycles. The molecule has 1 aliphatic heterocycles. The number of amides is 1. The summed E-state index contributed by atoms with van der Waals surface area (Å²) in [7, 11) is 3.75. The minimum Gasteiger partial charge on any atom is -0.350 e. The van der Waals surface area contributed by atoms with E-state index in [9.17, 15) is 27.6 Å². The van der Waals surface area contributed by atoms with Gasteiger partial charge in [-0.1, -0.05) is 29.4 Å². The highest BCUT2D eigenvalue weighted by Crippen LogP contribution is 2.56. The number of hydrogen-bond acceptors (Lipinski definition) is 11. The maximum atomic E-state index is 15.3. The summed E-state index contributed by atoms with van der Waals surface area (Å²) in [5.41, 5.74) is -0.300. The normalized spacial score (nSPS) is 16.2. The van der Waals surface area contributed by atoms with E-state index in [2.05, 4.69) is 45.8 Å². The lowest BCUT2D eigenvalue weighted by atomic mass is 9.56. The van der Waals surface area contributed by atoms with E-state index in [-0.39, 0.29) is 53.8 Å². The van der Waals surface area contributed by atoms with E-state index < -0.39 is 40.4 Å². The molecule has 1 saturated heterocycles. The molecule has 0 bridgehead atoms. The molecule has 1 atom stereocenters. The number of aromatic amines is 1. The smallest absolute Gasteiger partial charge is 0.350 e. The van der Waals surface area contributed by atoms with Gasteiger partial charge in [0.25, 0.3) is 5.91 Å². The zero-order valence-corrected chi connectivity index (χ0v) is 33.8. The second-order valence-electron chi connectivity index (χ2n) is 16.3. The van der Waals surface area contributed by atoms with Crippen molar-refractivity contribution in [3.8, 4) is 22.6 Å². The van der Waals surface area contributed by atoms with Crippen molar-refractivity contribution in [1.82, 2.24) is 45.8 Å². The third kappa shape index (κ3) is 9.18. The molecule has 18 heteroatoms. The average Bonchev–Trinajstić information content (AvgIpc) is 3.88. The second-order valence-corrected chi connectivity index (χ2v) is 16.3. The van der Waals surface area contributed by atoms with Crippen LogP contribution < -0.4 is 10.6 Å². The standard InChI is InChI=1S/C40H39F5N8O4.C2H7N/c1-37(2,40(43,44)45)36-49-33(50-51-36)18-48-35(56)32-13-31(52-57-32)34-46-16-26(17-47-34)27-7-5-23(11-29(27)41)19-53-20-39(21-53)14-25(15-39)24-6-8-28(30(42)12-24)38(3,22-55)9-4-10-54;1-3-2/h5-8,10-13,16-17,22,25H,4,9,14-15,18-21H2,1-3H3,(H,48,56)(H,49,50,51);3H,1-2H3. The van der Waals surface area contributed by atoms with Crippen LogP contribution in [0, 0.1) is 17.0 Å². The maximum absolute atomic E-state index is 15.3. The molecule has 1 amide bonds. The molecule has 3 aromatic heterocycles. The third-order valence-electron chi connectivity index (χ3n) is 11.2. The number of aromatic nitrogens is 6. The number of nitrogens with zero attached hydrogens (tertiary/aromatic N) is 6. The van der Waals surface area contributed by atoms with Gasteiger partial charge >= 0.3 is 6.18 Å². The first-order valence-corrected chi connectivity index (χ1v) is 19.3. The third-order valence-corrected chi connectivity index (χ3v) is 11.2. The van der Waals surface area contributed by atoms with Gasteiger partial charge in [-0.05, 0) is 88.7 Å². The van der Waals surface area contributed by atoms with Gasteiger partial charge < -0.3 is 24.7 Å². The summed E-state index contributed by atoms with van der Waals surface area (Å²) in [5.74, 6) is -1.88. The van der Waals surface area contributed by atoms with Crippen LogP contribution >= 0.6 is 0 Å². The molecule has 13 nitrogen and oxygen atoms in total. The molecule has 0 radical (unpaired) electrons. The van der Waals surface area contributed by atoms with Gasteiger partial charge in [0.05, 0.1) is 12.0 Å². The molecule has 60 heavy (non-hydrogen) atoms. The van der Waals surface area contributed by atoms with Crippen molar-refractivity contribution in [2.75, 3.05) is 27.2 Å². The van der Waals surface area contributed by atoms with Crippen LogP contribution in [0.4, 0.5) is 22.0 Å². The minimum atomic E-state index is -4.57. The Morgan fingerprint density at radius 2 is 1.70 bits per heavy atom. The molecule has 318 valence electrons. The number of hydrogen-bond donors (Lipinski definition) is 3. The lowest BCUT2D eigenvalue weighted by molar-refractivity contribution is -0.182. The van der Waals surface area contributed by atoms with Gasteiger partial charge in [0.2, 0.25) is 5.76 Å². The summed E-state index contributed by atoms with van der Waals surface area (Å²) in [6.07, 6.45) is 2.01. The molecule has 7 rings (SSSR count). The van der Waals surface area contributed by atoms with Crippen molar-refractivity contribution in [1.29, 1.82) is 0 Å². The minimum absolute atomic E-state index is 0.0145. The summed E-state index contributed by atoms with van der Waals surface area (Å²) in [6.45, 7) is 5.60. The van der Waals surface area contributed by atoms with Gasteiger partial charge in [-0.3, -0.25) is 14.8 Å². The highest BCUT2D eigenvalue weighted by atomic mass is 19.4. The Morgan fingerprint density at radius 1 is 1.00 bits per heavy atom. The zero-order valence-electron chi connectivity index (χ0n) is 33.8. The largest absolute Gasteiger partial charge is 0.401 e. The SMILES string of the molecule is CC(C=O)(CCC=O)c1ccc(C2CC3(C2)CN(Cc2ccc(-c4cnc(-c5cc(C(=O)NCc6nc(C(C)(C)C(F)(F)F)n[nH]6)on5)nc4)c(F)c2)C3)cc1F.CNC. The van der Waals surface area contributed by atoms with E-state index in [4.69, 9.17) is 4.52 Å². The summed E-state index contributed by atoms with van der Waals surface area (Å²) in [5, 5.41) is 15.1. The number of halogens is 5. The van der Waals surface area contributed by atoms with E-state index in [0.29, 0.717) is 29.5 Å². The molecule has 1 aliphatic carbocycles. The predicted molar refractivity (Wildman–Crippen MR) is 209 cm³/mol. The van der Waals surface area contributed by atoms with E-state index in [1.54, 1.807) is 19.1 Å². The van der Waals surface area contributed by atoms with Crippen molar-refractivity contribution in [2.45, 2.75) is 82.5 Å². The maximum Gasteiger partial charge on any atom is 0.401 e. The first kappa shape index (κ1) is 43.8. The van der Waals surface area contributed by atoms with Gasteiger partial charge in [-0.2, -0.15) is 18.3 Å². The lowest BCUT2D eigenvalue weighted by Crippen LogP contribution is -2.61. The predicted octanol–water partition coefficient (Wildman–Crippen LogP) is 6.62. The Hall–Kier alpha value is -5.75. The van der Waals surface area contributed by atoms with Crippen molar-refractivity contribution in [3.05, 3.63) is 101 Å². The number of H-pyrrole nitrogens is 1. The molecule has 3 N–H and O–H groups in total. The molecule has 2 aliphatic rings. The fraction of sp³-hybridized carbons (Fsp3) is 0.429. The number of benzene rings is 2. The summed E-state index contributed by atoms with van der Waals surface area (Å²) in [4.78, 5) is 49.8. The van der Waals surface area contributed by atoms with E-state index >= 15 is 8.78 Å². The van der Waals surface area contributed by atoms with Crippen LogP contribution in [-0.2, 0) is 33.5 Å². The topological polar surface area (TPSA) is 172 Å². The Morgan fingerprint density at radius 3 is 2.32 bits per heavy atom. The van der Waals surface area contributed by atoms with Crippen LogP contribution in [0.2, 0.25) is 0 Å². The van der Waals surface area contributed by atoms with Crippen LogP contribution in [0.5, 0.6) is 0 Å². The van der Waals surface area contributed by atoms with Crippen LogP contribution in [0.15, 0.2) is 59.4 Å². The van der Waals surface area contributed by atoms with E-state index in [1.807, 2.05) is 26.2 Å². The Bertz CT molecular complexity index is 2310. The quantitative estimate of drug-likeness (QED) is 0.0812. The monoisotopic (exact) mass is 835 g/mol. The molecule has 1 saturated carbocycles. The first-order chi connectivity index (χ1) is 28.4. The fourth-order valence-electron chi connectivity index (χ4n) is 7.63. The lowest BCUT2D eigenvalue weighted by Gasteiger charge is -2.59. The van der Waals surface area contributed by atoms with Crippen molar-refractivity contribution < 1.29 is 40.9 Å². The fourth-order valence-corrected chi connectivity index (χ4v) is 7.63. The zero-order chi connectivity index (χ0) is 43.5. The molecular formula is C42H46F5N9O4. The summed E-state index contributed by atoms with van der Waals surface area (Å²) in [6, 6.07) is 11.4. The number of rotatable bonds is 14. The number of carbonyl (C=O) groups is 3. The number of aldehydes is 2. The number of alkyl halides is 3. The van der Waals surface area contributed by atoms with Gasteiger partial charge in [-0.25, -0.2) is 23.7 Å². The van der Waals surface area contributed by atoms with Crippen LogP contribution in [0.3, 0.4) is 0 Å². The number of nitrogens with one attached hydrogen (secondary N) is 3. The number of likely N-dealkylation sites (tertiary alicyclic amines) is 1. The second kappa shape index (κ2) is 17.5. The highest BCUT2D eigenvalue weighted by Gasteiger charge is 2.53. The molecule has 2 fully saturated rings. The van der Waals surface area contributed by atoms with E-state index in [0.717, 1.165) is 57.2 Å². The molecular weight excluding hydrogens is 790 g/mol. The molecule has 1 unspecified atom stereocenters. The average molecular weight is 836 g/mol. The van der Waals surface area contributed by atoms with Gasteiger partial charge in [0.1, 0.15) is 35.4 Å².